The molecule has 0 radical (unpaired) electrons. The van der Waals surface area contributed by atoms with Gasteiger partial charge in [-0.05, 0) is 64.2 Å². The smallest absolute Gasteiger partial charge is 0.211 e. The number of fused-ring (bicyclic) bond motifs is 3. The first kappa shape index (κ1) is 22.9. The summed E-state index contributed by atoms with van der Waals surface area (Å²) in [6.45, 7) is 8.77. The summed E-state index contributed by atoms with van der Waals surface area (Å²) in [5, 5.41) is 23.7. The molecule has 1 N–H and O–H groups in total. The van der Waals surface area contributed by atoms with Crippen molar-refractivity contribution in [3.8, 4) is 11.3 Å². The number of aliphatic hydroxyl groups is 1. The molecule has 6 rings (SSSR count). The van der Waals surface area contributed by atoms with Gasteiger partial charge in [0.2, 0.25) is 5.58 Å². The Hall–Kier alpha value is -3.50. The van der Waals surface area contributed by atoms with Crippen molar-refractivity contribution in [1.82, 2.24) is 29.7 Å². The minimum Gasteiger partial charge on any atom is -0.467 e. The highest BCUT2D eigenvalue weighted by Gasteiger charge is 2.37. The summed E-state index contributed by atoms with van der Waals surface area (Å²) in [4.78, 5) is 4.83. The number of rotatable bonds is 5. The van der Waals surface area contributed by atoms with Gasteiger partial charge in [-0.3, -0.25) is 0 Å². The van der Waals surface area contributed by atoms with Crippen LogP contribution in [0.4, 0.5) is 0 Å². The molecule has 1 unspecified atom stereocenters. The first-order chi connectivity index (χ1) is 17.2. The predicted molar refractivity (Wildman–Crippen MR) is 132 cm³/mol. The van der Waals surface area contributed by atoms with Crippen molar-refractivity contribution in [2.24, 2.45) is 13.0 Å². The molecule has 1 aliphatic heterocycles. The van der Waals surface area contributed by atoms with Crippen LogP contribution < -0.4 is 0 Å². The number of aryl methyl sites for hydroxylation is 3. The topological polar surface area (TPSA) is 117 Å². The summed E-state index contributed by atoms with van der Waals surface area (Å²) in [7, 11) is 1.87. The number of aromatic nitrogens is 6. The third-order valence-electron chi connectivity index (χ3n) is 7.13. The number of furan rings is 1. The van der Waals surface area contributed by atoms with E-state index in [0.717, 1.165) is 52.2 Å². The van der Waals surface area contributed by atoms with Gasteiger partial charge in [-0.2, -0.15) is 0 Å². The first-order valence-corrected chi connectivity index (χ1v) is 12.3. The number of hydrogen-bond donors (Lipinski definition) is 1. The van der Waals surface area contributed by atoms with E-state index in [9.17, 15) is 5.11 Å². The zero-order chi connectivity index (χ0) is 25.2. The molecular formula is C26H30N6O4. The zero-order valence-corrected chi connectivity index (χ0v) is 21.1. The monoisotopic (exact) mass is 490 g/mol. The highest BCUT2D eigenvalue weighted by atomic mass is 16.5. The molecule has 1 aliphatic rings. The molecule has 36 heavy (non-hydrogen) atoms. The van der Waals surface area contributed by atoms with Crippen LogP contribution in [-0.2, 0) is 17.4 Å². The molecule has 6 heterocycles. The van der Waals surface area contributed by atoms with Crippen molar-refractivity contribution in [2.45, 2.75) is 52.2 Å². The summed E-state index contributed by atoms with van der Waals surface area (Å²) in [6, 6.07) is 4.02. The van der Waals surface area contributed by atoms with Gasteiger partial charge in [0.25, 0.3) is 0 Å². The van der Waals surface area contributed by atoms with Crippen LogP contribution in [-0.4, -0.2) is 48.0 Å². The van der Waals surface area contributed by atoms with Gasteiger partial charge in [0.1, 0.15) is 28.1 Å². The molecule has 1 fully saturated rings. The molecule has 5 aromatic rings. The van der Waals surface area contributed by atoms with E-state index in [0.29, 0.717) is 30.0 Å². The summed E-state index contributed by atoms with van der Waals surface area (Å²) in [5.74, 6) is 1.10. The van der Waals surface area contributed by atoms with E-state index < -0.39 is 5.60 Å². The maximum absolute atomic E-state index is 11.1. The van der Waals surface area contributed by atoms with E-state index in [2.05, 4.69) is 32.2 Å². The van der Waals surface area contributed by atoms with Crippen LogP contribution in [0.2, 0.25) is 0 Å². The maximum atomic E-state index is 11.1. The average molecular weight is 491 g/mol. The van der Waals surface area contributed by atoms with Gasteiger partial charge >= 0.3 is 0 Å². The van der Waals surface area contributed by atoms with Crippen LogP contribution in [0.5, 0.6) is 0 Å². The van der Waals surface area contributed by atoms with Gasteiger partial charge in [-0.1, -0.05) is 10.4 Å². The van der Waals surface area contributed by atoms with Gasteiger partial charge in [-0.15, -0.1) is 5.10 Å². The summed E-state index contributed by atoms with van der Waals surface area (Å²) in [6.07, 6.45) is 5.35. The van der Waals surface area contributed by atoms with Crippen LogP contribution in [0.15, 0.2) is 33.5 Å². The highest BCUT2D eigenvalue weighted by molar-refractivity contribution is 6.04. The largest absolute Gasteiger partial charge is 0.467 e. The van der Waals surface area contributed by atoms with Crippen LogP contribution in [0, 0.1) is 19.8 Å². The number of hydrogen-bond acceptors (Lipinski definition) is 8. The molecule has 188 valence electrons. The summed E-state index contributed by atoms with van der Waals surface area (Å²) in [5.41, 5.74) is 5.75. The fraction of sp³-hybridized carbons (Fsp3) is 0.462. The molecule has 0 bridgehead atoms. The quantitative estimate of drug-likeness (QED) is 0.385. The molecule has 5 aromatic heterocycles. The van der Waals surface area contributed by atoms with Crippen molar-refractivity contribution >= 4 is 22.1 Å². The van der Waals surface area contributed by atoms with Crippen LogP contribution in [0.3, 0.4) is 0 Å². The second kappa shape index (κ2) is 8.28. The van der Waals surface area contributed by atoms with Crippen molar-refractivity contribution in [2.75, 3.05) is 13.2 Å². The minimum absolute atomic E-state index is 0.161. The molecule has 0 saturated carbocycles. The van der Waals surface area contributed by atoms with Crippen molar-refractivity contribution in [3.05, 3.63) is 47.3 Å². The van der Waals surface area contributed by atoms with E-state index in [1.165, 1.54) is 0 Å². The maximum Gasteiger partial charge on any atom is 0.211 e. The third kappa shape index (κ3) is 3.55. The van der Waals surface area contributed by atoms with Crippen molar-refractivity contribution in [3.63, 3.8) is 0 Å². The normalized spacial score (nSPS) is 16.4. The molecule has 10 nitrogen and oxygen atoms in total. The molecule has 1 saturated heterocycles. The Bertz CT molecular complexity index is 1540. The van der Waals surface area contributed by atoms with Crippen molar-refractivity contribution < 1.29 is 18.8 Å². The van der Waals surface area contributed by atoms with Crippen molar-refractivity contribution in [1.29, 1.82) is 0 Å². The van der Waals surface area contributed by atoms with E-state index >= 15 is 0 Å². The number of ether oxygens (including phenoxy) is 1. The lowest BCUT2D eigenvalue weighted by molar-refractivity contribution is 0.0519. The minimum atomic E-state index is -1.22. The molecule has 0 spiro atoms. The Morgan fingerprint density at radius 2 is 1.94 bits per heavy atom. The van der Waals surface area contributed by atoms with Crippen LogP contribution in [0.1, 0.15) is 55.4 Å². The molecular weight excluding hydrogens is 460 g/mol. The summed E-state index contributed by atoms with van der Waals surface area (Å²) >= 11 is 0. The molecule has 10 heteroatoms. The lowest BCUT2D eigenvalue weighted by atomic mass is 9.89. The van der Waals surface area contributed by atoms with Gasteiger partial charge < -0.3 is 23.4 Å². The second-order valence-corrected chi connectivity index (χ2v) is 10.3. The fourth-order valence-corrected chi connectivity index (χ4v) is 5.48. The van der Waals surface area contributed by atoms with E-state index in [4.69, 9.17) is 18.7 Å². The zero-order valence-electron chi connectivity index (χ0n) is 21.1. The Morgan fingerprint density at radius 3 is 2.58 bits per heavy atom. The Balaban J connectivity index is 1.70. The average Bonchev–Trinajstić information content (AvgIpc) is 3.60. The van der Waals surface area contributed by atoms with Gasteiger partial charge in [0.05, 0.1) is 29.2 Å². The summed E-state index contributed by atoms with van der Waals surface area (Å²) < 4.78 is 21.6. The van der Waals surface area contributed by atoms with Crippen LogP contribution in [0.25, 0.3) is 33.4 Å². The lowest BCUT2D eigenvalue weighted by Crippen LogP contribution is -2.27. The number of pyridine rings is 1. The SMILES string of the molecule is Cc1coc(C(C2CCOCC2)n2c3cc(-c4c(C)nnn4C)cnc3c3onc(C(C)(C)O)c32)c1. The Labute approximate surface area is 207 Å². The van der Waals surface area contributed by atoms with E-state index in [1.807, 2.05) is 27.1 Å². The lowest BCUT2D eigenvalue weighted by Gasteiger charge is -2.31. The van der Waals surface area contributed by atoms with Gasteiger partial charge in [-0.25, -0.2) is 9.67 Å². The molecule has 0 aromatic carbocycles. The van der Waals surface area contributed by atoms with Crippen LogP contribution >= 0.6 is 0 Å². The number of nitrogens with zero attached hydrogens (tertiary/aromatic N) is 6. The van der Waals surface area contributed by atoms with Gasteiger partial charge in [0, 0.05) is 32.0 Å². The second-order valence-electron chi connectivity index (χ2n) is 10.3. The predicted octanol–water partition coefficient (Wildman–Crippen LogP) is 4.43. The Morgan fingerprint density at radius 1 is 1.17 bits per heavy atom. The first-order valence-electron chi connectivity index (χ1n) is 12.3. The fourth-order valence-electron chi connectivity index (χ4n) is 5.48. The van der Waals surface area contributed by atoms with Gasteiger partial charge in [0.15, 0.2) is 0 Å². The molecule has 1 atom stereocenters. The van der Waals surface area contributed by atoms with E-state index in [1.54, 1.807) is 24.8 Å². The third-order valence-corrected chi connectivity index (χ3v) is 7.13. The van der Waals surface area contributed by atoms with E-state index in [-0.39, 0.29) is 12.0 Å². The standard InChI is InChI=1S/C26H30N6O4/c1-14-10-19(35-13-14)22(16-6-8-34-9-7-16)32-18-11-17(21-15(2)28-30-31(21)5)12-27-20(18)24-23(32)25(29-36-24)26(3,4)33/h10-13,16,22,33H,6-9H2,1-5H3. The Kier molecular flexibility index (Phi) is 5.27. The molecule has 0 amide bonds. The molecule has 0 aliphatic carbocycles. The highest BCUT2D eigenvalue weighted by Crippen LogP contribution is 2.44.